The van der Waals surface area contributed by atoms with Crippen molar-refractivity contribution in [3.8, 4) is 11.5 Å². The number of rotatable bonds is 0. The fourth-order valence-electron chi connectivity index (χ4n) is 2.02. The number of nitrogens with zero attached hydrogens (tertiary/aromatic N) is 1. The second-order valence-electron chi connectivity index (χ2n) is 7.55. The lowest BCUT2D eigenvalue weighted by Gasteiger charge is -2.19. The van der Waals surface area contributed by atoms with Crippen LogP contribution in [-0.4, -0.2) is 24.3 Å². The van der Waals surface area contributed by atoms with Gasteiger partial charge < -0.3 is 4.74 Å². The molecule has 1 heterocycles. The molecule has 0 radical (unpaired) electrons. The molecule has 0 amide bonds. The van der Waals surface area contributed by atoms with Crippen molar-refractivity contribution >= 4 is 36.7 Å². The topological polar surface area (TPSA) is 31.2 Å². The molecule has 0 fully saturated rings. The zero-order valence-electron chi connectivity index (χ0n) is 14.5. The summed E-state index contributed by atoms with van der Waals surface area (Å²) in [4.78, 5) is 12.4. The summed E-state index contributed by atoms with van der Waals surface area (Å²) >= 11 is 6.11. The van der Waals surface area contributed by atoms with Crippen LogP contribution in [0.15, 0.2) is 24.4 Å². The third-order valence-electron chi connectivity index (χ3n) is 2.93. The molecule has 1 aromatic carbocycles. The molecule has 0 aliphatic rings. The maximum Gasteiger partial charge on any atom is 0.419 e. The van der Waals surface area contributed by atoms with Crippen LogP contribution in [0.1, 0.15) is 26.3 Å². The molecule has 0 aliphatic carbocycles. The molecule has 0 atom stereocenters. The van der Waals surface area contributed by atoms with E-state index in [-0.39, 0.29) is 0 Å². The van der Waals surface area contributed by atoms with Gasteiger partial charge in [0.25, 0.3) is 0 Å². The molecule has 23 heavy (non-hydrogen) atoms. The Balaban J connectivity index is 2.59. The number of fused-ring (bicyclic) bond motifs is 1. The summed E-state index contributed by atoms with van der Waals surface area (Å²) in [5, 5.41) is 1.49. The van der Waals surface area contributed by atoms with E-state index in [1.807, 2.05) is 32.9 Å². The normalized spacial score (nSPS) is 12.0. The maximum atomic E-state index is 12.4. The van der Waals surface area contributed by atoms with E-state index in [4.69, 9.17) is 16.3 Å². The third-order valence-corrected chi connectivity index (χ3v) is 4.04. The van der Waals surface area contributed by atoms with Crippen LogP contribution < -0.4 is 0 Å². The van der Waals surface area contributed by atoms with Crippen LogP contribution in [0.2, 0.25) is 24.7 Å². The monoisotopic (exact) mass is 347 g/mol. The lowest BCUT2D eigenvalue weighted by Crippen LogP contribution is -2.26. The van der Waals surface area contributed by atoms with Crippen molar-refractivity contribution in [2.75, 3.05) is 0 Å². The molecule has 0 N–H and O–H groups in total. The Kier molecular flexibility index (Phi) is 4.65. The molecule has 2 rings (SSSR count). The zero-order valence-corrected chi connectivity index (χ0v) is 16.2. The molecule has 122 valence electrons. The minimum Gasteiger partial charge on any atom is -0.443 e. The van der Waals surface area contributed by atoms with Crippen molar-refractivity contribution in [3.05, 3.63) is 35.0 Å². The minimum atomic E-state index is -1.52. The van der Waals surface area contributed by atoms with E-state index in [1.165, 1.54) is 4.57 Å². The van der Waals surface area contributed by atoms with Gasteiger partial charge in [-0.2, -0.15) is 0 Å². The van der Waals surface area contributed by atoms with Crippen molar-refractivity contribution in [2.45, 2.75) is 46.0 Å². The van der Waals surface area contributed by atoms with Crippen molar-refractivity contribution < 1.29 is 9.53 Å². The van der Waals surface area contributed by atoms with Gasteiger partial charge in [-0.3, -0.25) is 4.57 Å². The van der Waals surface area contributed by atoms with Gasteiger partial charge in [0.15, 0.2) is 0 Å². The fraction of sp³-hybridized carbons (Fsp3) is 0.389. The number of ether oxygens (including phenoxy) is 1. The summed E-state index contributed by atoms with van der Waals surface area (Å²) in [6.07, 6.45) is 1.33. The van der Waals surface area contributed by atoms with E-state index in [0.717, 1.165) is 16.5 Å². The van der Waals surface area contributed by atoms with E-state index in [1.54, 1.807) is 12.3 Å². The Hall–Kier alpha value is -1.70. The second-order valence-corrected chi connectivity index (χ2v) is 12.7. The predicted octanol–water partition coefficient (Wildman–Crippen LogP) is 5.31. The smallest absolute Gasteiger partial charge is 0.419 e. The van der Waals surface area contributed by atoms with Gasteiger partial charge in [0.1, 0.15) is 13.7 Å². The molecule has 2 aromatic rings. The Morgan fingerprint density at radius 2 is 1.91 bits per heavy atom. The summed E-state index contributed by atoms with van der Waals surface area (Å²) in [5.74, 6) is 3.22. The van der Waals surface area contributed by atoms with Crippen LogP contribution in [0.25, 0.3) is 10.9 Å². The van der Waals surface area contributed by atoms with Gasteiger partial charge in [-0.05, 0) is 39.0 Å². The Labute approximate surface area is 143 Å². The van der Waals surface area contributed by atoms with Gasteiger partial charge in [-0.1, -0.05) is 37.2 Å². The summed E-state index contributed by atoms with van der Waals surface area (Å²) < 4.78 is 6.98. The molecule has 3 nitrogen and oxygen atoms in total. The highest BCUT2D eigenvalue weighted by molar-refractivity contribution is 6.83. The number of hydrogen-bond donors (Lipinski definition) is 0. The molecular formula is C18H22ClNO2Si. The first kappa shape index (κ1) is 17.6. The number of carbonyl (C=O) groups excluding carboxylic acids is 1. The van der Waals surface area contributed by atoms with Crippen molar-refractivity contribution in [1.82, 2.24) is 4.57 Å². The fourth-order valence-corrected chi connectivity index (χ4v) is 2.70. The maximum absolute atomic E-state index is 12.4. The Morgan fingerprint density at radius 1 is 1.26 bits per heavy atom. The summed E-state index contributed by atoms with van der Waals surface area (Å²) in [6.45, 7) is 12.1. The van der Waals surface area contributed by atoms with Crippen LogP contribution in [0.5, 0.6) is 0 Å². The van der Waals surface area contributed by atoms with E-state index in [9.17, 15) is 4.79 Å². The van der Waals surface area contributed by atoms with Crippen LogP contribution in [0, 0.1) is 11.5 Å². The third kappa shape index (κ3) is 4.63. The van der Waals surface area contributed by atoms with Crippen LogP contribution in [0.4, 0.5) is 4.79 Å². The molecule has 1 aromatic heterocycles. The van der Waals surface area contributed by atoms with Crippen LogP contribution in [0.3, 0.4) is 0 Å². The zero-order chi connectivity index (χ0) is 17.4. The summed E-state index contributed by atoms with van der Waals surface area (Å²) in [7, 11) is -1.52. The molecule has 0 unspecified atom stereocenters. The van der Waals surface area contributed by atoms with Crippen molar-refractivity contribution in [3.63, 3.8) is 0 Å². The highest BCUT2D eigenvalue weighted by Crippen LogP contribution is 2.25. The van der Waals surface area contributed by atoms with E-state index in [0.29, 0.717) is 5.02 Å². The standard InChI is InChI=1S/C18H22ClNO2Si/c1-18(2,3)22-17(21)20-12-13(9-10-23(4,5)6)15-11-14(19)7-8-16(15)20/h7-8,11-12H,1-6H3. The quantitative estimate of drug-likeness (QED) is 0.478. The van der Waals surface area contributed by atoms with E-state index >= 15 is 0 Å². The average Bonchev–Trinajstić information content (AvgIpc) is 2.71. The minimum absolute atomic E-state index is 0.411. The first-order valence-electron chi connectivity index (χ1n) is 7.53. The molecule has 0 bridgehead atoms. The first-order valence-corrected chi connectivity index (χ1v) is 11.4. The lowest BCUT2D eigenvalue weighted by molar-refractivity contribution is 0.0544. The molecule has 5 heteroatoms. The molecule has 0 saturated carbocycles. The number of halogens is 1. The second kappa shape index (κ2) is 6.07. The Bertz CT molecular complexity index is 814. The van der Waals surface area contributed by atoms with Gasteiger partial charge >= 0.3 is 6.09 Å². The predicted molar refractivity (Wildman–Crippen MR) is 98.8 cm³/mol. The highest BCUT2D eigenvalue weighted by atomic mass is 35.5. The van der Waals surface area contributed by atoms with Gasteiger partial charge in [0.2, 0.25) is 0 Å². The number of benzene rings is 1. The summed E-state index contributed by atoms with van der Waals surface area (Å²) in [6, 6.07) is 5.42. The largest absolute Gasteiger partial charge is 0.443 e. The molecule has 0 saturated heterocycles. The molecule has 0 spiro atoms. The van der Waals surface area contributed by atoms with Crippen LogP contribution in [-0.2, 0) is 4.74 Å². The number of carbonyl (C=O) groups is 1. The molecular weight excluding hydrogens is 326 g/mol. The van der Waals surface area contributed by atoms with Crippen molar-refractivity contribution in [1.29, 1.82) is 0 Å². The summed E-state index contributed by atoms with van der Waals surface area (Å²) in [5.41, 5.74) is 4.33. The lowest BCUT2D eigenvalue weighted by atomic mass is 10.2. The SMILES string of the molecule is CC(C)(C)OC(=O)n1cc(C#C[Si](C)(C)C)c2cc(Cl)ccc21. The van der Waals surface area contributed by atoms with Gasteiger partial charge in [-0.15, -0.1) is 5.54 Å². The van der Waals surface area contributed by atoms with Gasteiger partial charge in [0.05, 0.1) is 11.1 Å². The highest BCUT2D eigenvalue weighted by Gasteiger charge is 2.20. The van der Waals surface area contributed by atoms with Crippen molar-refractivity contribution in [2.24, 2.45) is 0 Å². The Morgan fingerprint density at radius 3 is 2.48 bits per heavy atom. The van der Waals surface area contributed by atoms with Crippen LogP contribution >= 0.6 is 11.6 Å². The average molecular weight is 348 g/mol. The van der Waals surface area contributed by atoms with E-state index < -0.39 is 19.8 Å². The molecule has 0 aliphatic heterocycles. The number of aromatic nitrogens is 1. The van der Waals surface area contributed by atoms with E-state index in [2.05, 4.69) is 31.1 Å². The first-order chi connectivity index (χ1) is 10.5. The number of hydrogen-bond acceptors (Lipinski definition) is 2. The van der Waals surface area contributed by atoms with Gasteiger partial charge in [0, 0.05) is 16.6 Å². The van der Waals surface area contributed by atoms with Gasteiger partial charge in [-0.25, -0.2) is 4.79 Å².